The molecule has 0 unspecified atom stereocenters. The molecule has 3 heterocycles. The van der Waals surface area contributed by atoms with Crippen LogP contribution in [0.5, 0.6) is 0 Å². The fraction of sp³-hybridized carbons (Fsp3) is 0.636. The quantitative estimate of drug-likeness (QED) is 0.810. The fourth-order valence-electron chi connectivity index (χ4n) is 2.34. The number of nitrogens with zero attached hydrogens (tertiary/aromatic N) is 4. The molecule has 1 aliphatic heterocycles. The minimum Gasteiger partial charge on any atom is -0.309 e. The summed E-state index contributed by atoms with van der Waals surface area (Å²) in [6.45, 7) is 6.18. The summed E-state index contributed by atoms with van der Waals surface area (Å²) in [6.07, 6.45) is -4.37. The summed E-state index contributed by atoms with van der Waals surface area (Å²) in [5.41, 5.74) is 0.369. The number of halogens is 3. The van der Waals surface area contributed by atoms with Gasteiger partial charge in [0.15, 0.2) is 10.5 Å². The zero-order valence-corrected chi connectivity index (χ0v) is 11.3. The van der Waals surface area contributed by atoms with Gasteiger partial charge in [0.25, 0.3) is 0 Å². The van der Waals surface area contributed by atoms with E-state index >= 15 is 0 Å². The number of hydrogen-bond donors (Lipinski definition) is 0. The number of fused-ring (bicyclic) bond motifs is 3. The van der Waals surface area contributed by atoms with Crippen molar-refractivity contribution in [2.45, 2.75) is 39.2 Å². The van der Waals surface area contributed by atoms with E-state index in [9.17, 15) is 13.2 Å². The first-order valence-corrected chi connectivity index (χ1v) is 6.81. The molecular weight excluding hydrogens is 277 g/mol. The smallest absolute Gasteiger partial charge is 0.309 e. The molecule has 0 amide bonds. The van der Waals surface area contributed by atoms with E-state index in [0.29, 0.717) is 42.1 Å². The maximum Gasteiger partial charge on any atom is 0.429 e. The molecule has 0 saturated heterocycles. The van der Waals surface area contributed by atoms with E-state index in [4.69, 9.17) is 0 Å². The standard InChI is InChI=1S/C11H13F3N4S/c1-6(2)17-3-4-18-7(5-17)15-8-9(11(12,13)14)19-16-10(8)18/h6H,3-5H2,1-2H3. The highest BCUT2D eigenvalue weighted by Gasteiger charge is 2.38. The van der Waals surface area contributed by atoms with E-state index in [2.05, 4.69) is 28.1 Å². The molecule has 3 rings (SSSR count). The molecule has 0 bridgehead atoms. The van der Waals surface area contributed by atoms with Gasteiger partial charge in [-0.15, -0.1) is 0 Å². The van der Waals surface area contributed by atoms with Crippen LogP contribution >= 0.6 is 11.5 Å². The largest absolute Gasteiger partial charge is 0.429 e. The molecule has 0 saturated carbocycles. The summed E-state index contributed by atoms with van der Waals surface area (Å²) in [4.78, 5) is 5.66. The Bertz CT molecular complexity index is 613. The van der Waals surface area contributed by atoms with Crippen LogP contribution in [0.3, 0.4) is 0 Å². The highest BCUT2D eigenvalue weighted by Crippen LogP contribution is 2.38. The van der Waals surface area contributed by atoms with Crippen molar-refractivity contribution in [1.82, 2.24) is 18.8 Å². The minimum absolute atomic E-state index is 0.00175. The molecule has 2 aromatic rings. The Morgan fingerprint density at radius 1 is 1.26 bits per heavy atom. The SMILES string of the molecule is CC(C)N1CCn2c(nc3c(C(F)(F)F)snc32)C1. The Morgan fingerprint density at radius 2 is 2.00 bits per heavy atom. The third-order valence-corrected chi connectivity index (χ3v) is 4.27. The monoisotopic (exact) mass is 290 g/mol. The van der Waals surface area contributed by atoms with Crippen molar-refractivity contribution in [3.05, 3.63) is 10.7 Å². The van der Waals surface area contributed by atoms with Crippen LogP contribution in [0.2, 0.25) is 0 Å². The molecule has 4 nitrogen and oxygen atoms in total. The van der Waals surface area contributed by atoms with Gasteiger partial charge < -0.3 is 4.57 Å². The Morgan fingerprint density at radius 3 is 2.63 bits per heavy atom. The van der Waals surface area contributed by atoms with Gasteiger partial charge in [-0.1, -0.05) is 0 Å². The van der Waals surface area contributed by atoms with Crippen molar-refractivity contribution in [3.63, 3.8) is 0 Å². The molecule has 0 radical (unpaired) electrons. The molecule has 104 valence electrons. The highest BCUT2D eigenvalue weighted by atomic mass is 32.1. The second kappa shape index (κ2) is 4.17. The normalized spacial score (nSPS) is 17.4. The van der Waals surface area contributed by atoms with Crippen LogP contribution in [-0.4, -0.2) is 31.4 Å². The van der Waals surface area contributed by atoms with Crippen LogP contribution in [0.1, 0.15) is 24.5 Å². The molecule has 0 N–H and O–H groups in total. The van der Waals surface area contributed by atoms with E-state index in [0.717, 1.165) is 6.54 Å². The second-order valence-electron chi connectivity index (χ2n) is 4.93. The Labute approximate surface area is 112 Å². The van der Waals surface area contributed by atoms with Gasteiger partial charge >= 0.3 is 6.18 Å². The molecule has 0 fully saturated rings. The van der Waals surface area contributed by atoms with Crippen LogP contribution in [0, 0.1) is 0 Å². The summed E-state index contributed by atoms with van der Waals surface area (Å²) < 4.78 is 44.2. The Balaban J connectivity index is 2.07. The maximum atomic E-state index is 12.8. The lowest BCUT2D eigenvalue weighted by Gasteiger charge is -2.30. The lowest BCUT2D eigenvalue weighted by atomic mass is 10.2. The lowest BCUT2D eigenvalue weighted by molar-refractivity contribution is -0.133. The lowest BCUT2D eigenvalue weighted by Crippen LogP contribution is -2.38. The summed E-state index contributed by atoms with van der Waals surface area (Å²) in [5.74, 6) is 0.677. The molecule has 19 heavy (non-hydrogen) atoms. The summed E-state index contributed by atoms with van der Waals surface area (Å²) in [7, 11) is 0. The van der Waals surface area contributed by atoms with Gasteiger partial charge in [0.1, 0.15) is 11.3 Å². The third kappa shape index (κ3) is 2.02. The van der Waals surface area contributed by atoms with Gasteiger partial charge in [0.2, 0.25) is 0 Å². The predicted molar refractivity (Wildman–Crippen MR) is 66.0 cm³/mol. The Hall–Kier alpha value is -1.15. The molecule has 0 aliphatic carbocycles. The summed E-state index contributed by atoms with van der Waals surface area (Å²) in [6, 6.07) is 0.359. The van der Waals surface area contributed by atoms with E-state index in [1.165, 1.54) is 0 Å². The first-order valence-electron chi connectivity index (χ1n) is 6.04. The molecule has 8 heteroatoms. The molecule has 1 aliphatic rings. The van der Waals surface area contributed by atoms with Gasteiger partial charge in [0.05, 0.1) is 6.54 Å². The van der Waals surface area contributed by atoms with Gasteiger partial charge in [-0.3, -0.25) is 4.90 Å². The van der Waals surface area contributed by atoms with Gasteiger partial charge in [0, 0.05) is 19.1 Å². The molecule has 0 spiro atoms. The van der Waals surface area contributed by atoms with Crippen molar-refractivity contribution in [1.29, 1.82) is 0 Å². The van der Waals surface area contributed by atoms with Crippen molar-refractivity contribution in [3.8, 4) is 0 Å². The summed E-state index contributed by atoms with van der Waals surface area (Å²) >= 11 is 0.484. The van der Waals surface area contributed by atoms with Crippen LogP contribution in [-0.2, 0) is 19.3 Å². The van der Waals surface area contributed by atoms with Crippen molar-refractivity contribution in [2.75, 3.05) is 6.54 Å². The number of aromatic nitrogens is 3. The number of imidazole rings is 1. The predicted octanol–water partition coefficient (Wildman–Crippen LogP) is 2.74. The maximum absolute atomic E-state index is 12.8. The van der Waals surface area contributed by atoms with Crippen molar-refractivity contribution < 1.29 is 13.2 Å². The average Bonchev–Trinajstić information content (AvgIpc) is 2.84. The van der Waals surface area contributed by atoms with Crippen LogP contribution in [0.4, 0.5) is 13.2 Å². The first-order chi connectivity index (χ1) is 8.88. The van der Waals surface area contributed by atoms with E-state index in [-0.39, 0.29) is 5.52 Å². The van der Waals surface area contributed by atoms with E-state index in [1.807, 2.05) is 0 Å². The van der Waals surface area contributed by atoms with Crippen LogP contribution in [0.25, 0.3) is 11.2 Å². The van der Waals surface area contributed by atoms with Crippen molar-refractivity contribution >= 4 is 22.7 Å². The van der Waals surface area contributed by atoms with Crippen molar-refractivity contribution in [2.24, 2.45) is 0 Å². The van der Waals surface area contributed by atoms with Gasteiger partial charge in [-0.05, 0) is 25.4 Å². The summed E-state index contributed by atoms with van der Waals surface area (Å²) in [5, 5.41) is 0. The molecule has 2 aromatic heterocycles. The topological polar surface area (TPSA) is 34.0 Å². The number of alkyl halides is 3. The zero-order chi connectivity index (χ0) is 13.8. The Kier molecular flexibility index (Phi) is 2.82. The van der Waals surface area contributed by atoms with Crippen LogP contribution in [0.15, 0.2) is 0 Å². The zero-order valence-electron chi connectivity index (χ0n) is 10.5. The van der Waals surface area contributed by atoms with E-state index < -0.39 is 11.1 Å². The second-order valence-corrected chi connectivity index (χ2v) is 5.70. The molecule has 0 aromatic carbocycles. The fourth-order valence-corrected chi connectivity index (χ4v) is 3.03. The molecule has 0 atom stereocenters. The van der Waals surface area contributed by atoms with E-state index in [1.54, 1.807) is 4.57 Å². The average molecular weight is 290 g/mol. The third-order valence-electron chi connectivity index (χ3n) is 3.40. The first kappa shape index (κ1) is 12.9. The molecular formula is C11H13F3N4S. The highest BCUT2D eigenvalue weighted by molar-refractivity contribution is 7.07. The van der Waals surface area contributed by atoms with Gasteiger partial charge in [-0.2, -0.15) is 17.5 Å². The van der Waals surface area contributed by atoms with Gasteiger partial charge in [-0.25, -0.2) is 4.98 Å². The number of rotatable bonds is 1. The number of hydrogen-bond acceptors (Lipinski definition) is 4. The minimum atomic E-state index is -4.37. The van der Waals surface area contributed by atoms with Crippen LogP contribution < -0.4 is 0 Å².